The van der Waals surface area contributed by atoms with Crippen LogP contribution in [0.25, 0.3) is 0 Å². The molecule has 1 rings (SSSR count). The second kappa shape index (κ2) is 5.32. The summed E-state index contributed by atoms with van der Waals surface area (Å²) >= 11 is 0. The molecule has 0 aromatic heterocycles. The highest BCUT2D eigenvalue weighted by Gasteiger charge is 2.22. The van der Waals surface area contributed by atoms with Crippen LogP contribution in [0.15, 0.2) is 24.3 Å². The van der Waals surface area contributed by atoms with Crippen molar-refractivity contribution in [3.8, 4) is 11.8 Å². The Hall–Kier alpha value is -1.82. The fraction of sp³-hybridized carbons (Fsp3) is 0.385. The van der Waals surface area contributed by atoms with Gasteiger partial charge in [-0.2, -0.15) is 5.26 Å². The van der Waals surface area contributed by atoms with Gasteiger partial charge in [-0.1, -0.05) is 26.0 Å². The van der Waals surface area contributed by atoms with Gasteiger partial charge in [0.15, 0.2) is 5.78 Å². The standard InChI is InChI=1S/C13H15NO2/c1-9(2)13(15)12(8-14)10-5-4-6-11(7-10)16-3/h4-7,9,12H,1-3H3. The highest BCUT2D eigenvalue weighted by molar-refractivity contribution is 5.89. The van der Waals surface area contributed by atoms with Gasteiger partial charge in [0.2, 0.25) is 0 Å². The van der Waals surface area contributed by atoms with Crippen molar-refractivity contribution in [3.05, 3.63) is 29.8 Å². The Balaban J connectivity index is 3.05. The third kappa shape index (κ3) is 2.60. The fourth-order valence-electron chi connectivity index (χ4n) is 1.46. The molecule has 0 saturated carbocycles. The van der Waals surface area contributed by atoms with Crippen LogP contribution >= 0.6 is 0 Å². The van der Waals surface area contributed by atoms with Gasteiger partial charge < -0.3 is 4.74 Å². The van der Waals surface area contributed by atoms with Crippen LogP contribution in [0.1, 0.15) is 25.3 Å². The molecule has 0 radical (unpaired) electrons. The molecule has 0 heterocycles. The topological polar surface area (TPSA) is 50.1 Å². The van der Waals surface area contributed by atoms with Crippen molar-refractivity contribution in [2.45, 2.75) is 19.8 Å². The first-order valence-electron chi connectivity index (χ1n) is 5.17. The smallest absolute Gasteiger partial charge is 0.156 e. The van der Waals surface area contributed by atoms with Crippen LogP contribution in [-0.4, -0.2) is 12.9 Å². The van der Waals surface area contributed by atoms with Gasteiger partial charge in [-0.25, -0.2) is 0 Å². The van der Waals surface area contributed by atoms with E-state index in [2.05, 4.69) is 0 Å². The van der Waals surface area contributed by atoms with Crippen molar-refractivity contribution < 1.29 is 9.53 Å². The molecular formula is C13H15NO2. The number of rotatable bonds is 4. The first kappa shape index (κ1) is 12.3. The maximum atomic E-state index is 11.8. The van der Waals surface area contributed by atoms with Crippen LogP contribution < -0.4 is 4.74 Å². The quantitative estimate of drug-likeness (QED) is 0.778. The molecule has 0 fully saturated rings. The number of carbonyl (C=O) groups excluding carboxylic acids is 1. The average Bonchev–Trinajstić information content (AvgIpc) is 2.30. The Labute approximate surface area is 95.7 Å². The molecule has 0 aliphatic carbocycles. The number of ketones is 1. The number of nitrogens with zero attached hydrogens (tertiary/aromatic N) is 1. The highest BCUT2D eigenvalue weighted by atomic mass is 16.5. The van der Waals surface area contributed by atoms with Gasteiger partial charge in [-0.3, -0.25) is 4.79 Å². The Morgan fingerprint density at radius 3 is 2.62 bits per heavy atom. The van der Waals surface area contributed by atoms with E-state index in [1.807, 2.05) is 6.07 Å². The zero-order valence-electron chi connectivity index (χ0n) is 9.73. The molecule has 1 atom stereocenters. The average molecular weight is 217 g/mol. The van der Waals surface area contributed by atoms with Crippen molar-refractivity contribution in [1.82, 2.24) is 0 Å². The van der Waals surface area contributed by atoms with Crippen molar-refractivity contribution in [3.63, 3.8) is 0 Å². The SMILES string of the molecule is COc1cccc(C(C#N)C(=O)C(C)C)c1. The molecular weight excluding hydrogens is 202 g/mol. The first-order valence-corrected chi connectivity index (χ1v) is 5.17. The largest absolute Gasteiger partial charge is 0.497 e. The summed E-state index contributed by atoms with van der Waals surface area (Å²) in [6.07, 6.45) is 0. The molecule has 1 aromatic carbocycles. The maximum absolute atomic E-state index is 11.8. The second-order valence-corrected chi connectivity index (χ2v) is 3.90. The van der Waals surface area contributed by atoms with E-state index in [4.69, 9.17) is 10.00 Å². The van der Waals surface area contributed by atoms with Crippen molar-refractivity contribution in [2.75, 3.05) is 7.11 Å². The molecule has 0 spiro atoms. The van der Waals surface area contributed by atoms with Gasteiger partial charge in [0.25, 0.3) is 0 Å². The molecule has 0 aliphatic rings. The minimum Gasteiger partial charge on any atom is -0.497 e. The Bertz CT molecular complexity index is 418. The van der Waals surface area contributed by atoms with E-state index in [1.54, 1.807) is 45.2 Å². The van der Waals surface area contributed by atoms with Crippen LogP contribution in [0.3, 0.4) is 0 Å². The van der Waals surface area contributed by atoms with Crippen LogP contribution in [0.5, 0.6) is 5.75 Å². The van der Waals surface area contributed by atoms with Crippen LogP contribution in [0.4, 0.5) is 0 Å². The zero-order valence-corrected chi connectivity index (χ0v) is 9.73. The molecule has 16 heavy (non-hydrogen) atoms. The maximum Gasteiger partial charge on any atom is 0.156 e. The molecule has 0 aliphatic heterocycles. The van der Waals surface area contributed by atoms with Gasteiger partial charge in [-0.15, -0.1) is 0 Å². The third-order valence-corrected chi connectivity index (χ3v) is 2.41. The summed E-state index contributed by atoms with van der Waals surface area (Å²) in [7, 11) is 1.56. The molecule has 0 bridgehead atoms. The van der Waals surface area contributed by atoms with Crippen LogP contribution in [0, 0.1) is 17.2 Å². The highest BCUT2D eigenvalue weighted by Crippen LogP contribution is 2.23. The summed E-state index contributed by atoms with van der Waals surface area (Å²) in [5.74, 6) is -0.240. The summed E-state index contributed by atoms with van der Waals surface area (Å²) in [5, 5.41) is 9.05. The molecule has 1 aromatic rings. The first-order chi connectivity index (χ1) is 7.60. The minimum atomic E-state index is -0.699. The summed E-state index contributed by atoms with van der Waals surface area (Å²) in [6.45, 7) is 3.60. The number of nitriles is 1. The lowest BCUT2D eigenvalue weighted by Gasteiger charge is -2.11. The second-order valence-electron chi connectivity index (χ2n) is 3.90. The van der Waals surface area contributed by atoms with Crippen molar-refractivity contribution in [1.29, 1.82) is 5.26 Å². The van der Waals surface area contributed by atoms with Gasteiger partial charge in [0, 0.05) is 5.92 Å². The van der Waals surface area contributed by atoms with E-state index in [9.17, 15) is 4.79 Å². The van der Waals surface area contributed by atoms with Crippen LogP contribution in [-0.2, 0) is 4.79 Å². The Morgan fingerprint density at radius 1 is 1.44 bits per heavy atom. The molecule has 1 unspecified atom stereocenters. The number of ether oxygens (including phenoxy) is 1. The summed E-state index contributed by atoms with van der Waals surface area (Å²) < 4.78 is 5.07. The minimum absolute atomic E-state index is 0.0595. The number of carbonyl (C=O) groups is 1. The monoisotopic (exact) mass is 217 g/mol. The van der Waals surface area contributed by atoms with Gasteiger partial charge >= 0.3 is 0 Å². The summed E-state index contributed by atoms with van der Waals surface area (Å²) in [4.78, 5) is 11.8. The lowest BCUT2D eigenvalue weighted by Crippen LogP contribution is -2.16. The number of hydrogen-bond acceptors (Lipinski definition) is 3. The van der Waals surface area contributed by atoms with Crippen molar-refractivity contribution in [2.24, 2.45) is 5.92 Å². The van der Waals surface area contributed by atoms with E-state index in [1.165, 1.54) is 0 Å². The normalized spacial score (nSPS) is 11.9. The molecule has 0 N–H and O–H groups in total. The van der Waals surface area contributed by atoms with E-state index < -0.39 is 5.92 Å². The number of hydrogen-bond donors (Lipinski definition) is 0. The van der Waals surface area contributed by atoms with E-state index in [-0.39, 0.29) is 11.7 Å². The summed E-state index contributed by atoms with van der Waals surface area (Å²) in [6, 6.07) is 9.12. The van der Waals surface area contributed by atoms with Crippen molar-refractivity contribution >= 4 is 5.78 Å². The van der Waals surface area contributed by atoms with E-state index in [0.29, 0.717) is 11.3 Å². The Morgan fingerprint density at radius 2 is 2.12 bits per heavy atom. The van der Waals surface area contributed by atoms with Crippen LogP contribution in [0.2, 0.25) is 0 Å². The lowest BCUT2D eigenvalue weighted by atomic mass is 9.90. The Kier molecular flexibility index (Phi) is 4.07. The van der Waals surface area contributed by atoms with E-state index in [0.717, 1.165) is 0 Å². The summed E-state index contributed by atoms with van der Waals surface area (Å²) in [5.41, 5.74) is 0.695. The van der Waals surface area contributed by atoms with Gasteiger partial charge in [0.05, 0.1) is 13.2 Å². The number of Topliss-reactive ketones (excluding diaryl/α,β-unsaturated/α-hetero) is 1. The third-order valence-electron chi connectivity index (χ3n) is 2.41. The molecule has 3 heteroatoms. The fourth-order valence-corrected chi connectivity index (χ4v) is 1.46. The zero-order chi connectivity index (χ0) is 12.1. The van der Waals surface area contributed by atoms with Gasteiger partial charge in [-0.05, 0) is 17.7 Å². The molecule has 3 nitrogen and oxygen atoms in total. The van der Waals surface area contributed by atoms with E-state index >= 15 is 0 Å². The lowest BCUT2D eigenvalue weighted by molar-refractivity contribution is -0.122. The molecule has 0 amide bonds. The number of methoxy groups -OCH3 is 1. The number of benzene rings is 1. The van der Waals surface area contributed by atoms with Gasteiger partial charge in [0.1, 0.15) is 11.7 Å². The molecule has 0 saturated heterocycles. The molecule has 84 valence electrons. The predicted octanol–water partition coefficient (Wildman–Crippen LogP) is 2.53. The predicted molar refractivity (Wildman–Crippen MR) is 61.2 cm³/mol.